The Balaban J connectivity index is 2.67. The number of hydrogen-bond acceptors (Lipinski definition) is 3. The van der Waals surface area contributed by atoms with E-state index in [1.54, 1.807) is 7.11 Å². The van der Waals surface area contributed by atoms with Gasteiger partial charge in [-0.3, -0.25) is 5.01 Å². The first-order valence-electron chi connectivity index (χ1n) is 5.60. The molecule has 3 heteroatoms. The third kappa shape index (κ3) is 4.83. The van der Waals surface area contributed by atoms with Gasteiger partial charge in [0.05, 0.1) is 13.2 Å². The molecular weight excluding hydrogens is 212 g/mol. The fraction of sp³-hybridized carbons (Fsp3) is 0.357. The van der Waals surface area contributed by atoms with E-state index in [9.17, 15) is 0 Å². The minimum absolute atomic E-state index is 0.650. The normalized spacial score (nSPS) is 9.82. The highest BCUT2D eigenvalue weighted by Gasteiger charge is 1.99. The van der Waals surface area contributed by atoms with Gasteiger partial charge in [-0.25, -0.2) is 0 Å². The van der Waals surface area contributed by atoms with Gasteiger partial charge in [0.1, 0.15) is 0 Å². The maximum atomic E-state index is 5.07. The van der Waals surface area contributed by atoms with Gasteiger partial charge in [-0.05, 0) is 25.0 Å². The molecule has 0 bridgehead atoms. The quantitative estimate of drug-likeness (QED) is 0.556. The Morgan fingerprint density at radius 3 is 2.35 bits per heavy atom. The second-order valence-corrected chi connectivity index (χ2v) is 4.19. The fourth-order valence-electron chi connectivity index (χ4n) is 1.53. The highest BCUT2D eigenvalue weighted by atomic mass is 16.5. The zero-order chi connectivity index (χ0) is 12.7. The van der Waals surface area contributed by atoms with Crippen LogP contribution in [-0.4, -0.2) is 18.8 Å². The smallest absolute Gasteiger partial charge is 0.0713 e. The van der Waals surface area contributed by atoms with Gasteiger partial charge in [0.25, 0.3) is 0 Å². The van der Waals surface area contributed by atoms with Crippen LogP contribution in [0.3, 0.4) is 0 Å². The summed E-state index contributed by atoms with van der Waals surface area (Å²) in [6.45, 7) is 9.04. The molecule has 0 aliphatic rings. The lowest BCUT2D eigenvalue weighted by molar-refractivity contribution is 0.185. The Morgan fingerprint density at radius 1 is 1.29 bits per heavy atom. The predicted octanol–water partition coefficient (Wildman–Crippen LogP) is 3.17. The first kappa shape index (κ1) is 13.5. The number of hydrazone groups is 1. The van der Waals surface area contributed by atoms with Gasteiger partial charge in [0, 0.05) is 20.0 Å². The Morgan fingerprint density at radius 2 is 1.88 bits per heavy atom. The summed E-state index contributed by atoms with van der Waals surface area (Å²) < 4.78 is 5.07. The van der Waals surface area contributed by atoms with Gasteiger partial charge in [-0.1, -0.05) is 29.8 Å². The van der Waals surface area contributed by atoms with Crippen LogP contribution in [0, 0.1) is 0 Å². The number of methoxy groups -OCH3 is 1. The maximum absolute atomic E-state index is 5.07. The van der Waals surface area contributed by atoms with E-state index >= 15 is 0 Å². The van der Waals surface area contributed by atoms with E-state index < -0.39 is 0 Å². The molecule has 3 nitrogen and oxygen atoms in total. The van der Waals surface area contributed by atoms with Gasteiger partial charge in [-0.2, -0.15) is 5.10 Å². The van der Waals surface area contributed by atoms with E-state index in [4.69, 9.17) is 4.74 Å². The molecule has 17 heavy (non-hydrogen) atoms. The maximum Gasteiger partial charge on any atom is 0.0713 e. The summed E-state index contributed by atoms with van der Waals surface area (Å²) in [5, 5.41) is 5.80. The average molecular weight is 232 g/mol. The lowest BCUT2D eigenvalue weighted by atomic mass is 10.1. The molecule has 0 atom stereocenters. The molecule has 0 spiro atoms. The molecule has 92 valence electrons. The molecule has 1 rings (SSSR count). The van der Waals surface area contributed by atoms with Crippen LogP contribution < -0.4 is 0 Å². The Bertz CT molecular complexity index is 378. The third-order valence-electron chi connectivity index (χ3n) is 2.27. The van der Waals surface area contributed by atoms with Crippen LogP contribution in [-0.2, 0) is 17.9 Å². The van der Waals surface area contributed by atoms with Crippen LogP contribution in [0.1, 0.15) is 25.0 Å². The molecule has 0 aliphatic carbocycles. The third-order valence-corrected chi connectivity index (χ3v) is 2.27. The largest absolute Gasteiger partial charge is 0.380 e. The number of benzene rings is 1. The van der Waals surface area contributed by atoms with Crippen molar-refractivity contribution in [3.05, 3.63) is 47.2 Å². The Labute approximate surface area is 103 Å². The standard InChI is InChI=1S/C14H20N2O/c1-12(2)9-16(15-3)10-13-5-7-14(8-6-13)11-17-4/h5-9H,3,10-11H2,1-2,4H3. The van der Waals surface area contributed by atoms with Gasteiger partial charge in [0.15, 0.2) is 0 Å². The van der Waals surface area contributed by atoms with Crippen LogP contribution in [0.2, 0.25) is 0 Å². The molecule has 1 aromatic carbocycles. The van der Waals surface area contributed by atoms with Crippen molar-refractivity contribution in [2.45, 2.75) is 27.0 Å². The van der Waals surface area contributed by atoms with E-state index in [0.717, 1.165) is 6.54 Å². The average Bonchev–Trinajstić information content (AvgIpc) is 2.30. The van der Waals surface area contributed by atoms with Gasteiger partial charge >= 0.3 is 0 Å². The fourth-order valence-corrected chi connectivity index (χ4v) is 1.53. The Hall–Kier alpha value is -1.61. The van der Waals surface area contributed by atoms with Crippen LogP contribution in [0.4, 0.5) is 0 Å². The molecule has 0 fully saturated rings. The molecule has 0 unspecified atom stereocenters. The minimum atomic E-state index is 0.650. The molecule has 0 saturated heterocycles. The van der Waals surface area contributed by atoms with E-state index in [-0.39, 0.29) is 0 Å². The SMILES string of the molecule is C=NN(C=C(C)C)Cc1ccc(COC)cc1. The summed E-state index contributed by atoms with van der Waals surface area (Å²) in [7, 11) is 1.70. The highest BCUT2D eigenvalue weighted by molar-refractivity contribution is 5.25. The topological polar surface area (TPSA) is 24.8 Å². The monoisotopic (exact) mass is 232 g/mol. The minimum Gasteiger partial charge on any atom is -0.380 e. The predicted molar refractivity (Wildman–Crippen MR) is 71.7 cm³/mol. The molecule has 0 aromatic heterocycles. The second-order valence-electron chi connectivity index (χ2n) is 4.19. The molecule has 0 N–H and O–H groups in total. The van der Waals surface area contributed by atoms with Crippen LogP contribution in [0.15, 0.2) is 41.1 Å². The van der Waals surface area contributed by atoms with E-state index in [2.05, 4.69) is 36.1 Å². The molecular formula is C14H20N2O. The van der Waals surface area contributed by atoms with Crippen molar-refractivity contribution < 1.29 is 4.74 Å². The molecule has 0 amide bonds. The number of nitrogens with zero attached hydrogens (tertiary/aromatic N) is 2. The van der Waals surface area contributed by atoms with Gasteiger partial charge < -0.3 is 4.74 Å². The van der Waals surface area contributed by atoms with Crippen molar-refractivity contribution in [3.63, 3.8) is 0 Å². The van der Waals surface area contributed by atoms with Crippen molar-refractivity contribution in [1.82, 2.24) is 5.01 Å². The second kappa shape index (κ2) is 6.86. The summed E-state index contributed by atoms with van der Waals surface area (Å²) in [5.74, 6) is 0. The van der Waals surface area contributed by atoms with Gasteiger partial charge in [0.2, 0.25) is 0 Å². The summed E-state index contributed by atoms with van der Waals surface area (Å²) in [5.41, 5.74) is 3.58. The molecule has 0 saturated carbocycles. The number of hydrogen-bond donors (Lipinski definition) is 0. The van der Waals surface area contributed by atoms with Crippen LogP contribution in [0.5, 0.6) is 0 Å². The summed E-state index contributed by atoms with van der Waals surface area (Å²) in [6, 6.07) is 8.32. The van der Waals surface area contributed by atoms with Crippen molar-refractivity contribution in [2.24, 2.45) is 5.10 Å². The van der Waals surface area contributed by atoms with Gasteiger partial charge in [-0.15, -0.1) is 0 Å². The lowest BCUT2D eigenvalue weighted by Crippen LogP contribution is -2.09. The number of allylic oxidation sites excluding steroid dienone is 1. The van der Waals surface area contributed by atoms with Crippen molar-refractivity contribution in [1.29, 1.82) is 0 Å². The summed E-state index contributed by atoms with van der Waals surface area (Å²) in [6.07, 6.45) is 1.98. The summed E-state index contributed by atoms with van der Waals surface area (Å²) >= 11 is 0. The van der Waals surface area contributed by atoms with Crippen molar-refractivity contribution >= 4 is 6.72 Å². The zero-order valence-electron chi connectivity index (χ0n) is 10.8. The van der Waals surface area contributed by atoms with E-state index in [0.29, 0.717) is 6.61 Å². The van der Waals surface area contributed by atoms with Crippen molar-refractivity contribution in [3.8, 4) is 0 Å². The Kier molecular flexibility index (Phi) is 5.43. The molecule has 0 radical (unpaired) electrons. The molecule has 1 aromatic rings. The van der Waals surface area contributed by atoms with E-state index in [1.165, 1.54) is 16.7 Å². The van der Waals surface area contributed by atoms with Crippen LogP contribution >= 0.6 is 0 Å². The van der Waals surface area contributed by atoms with Crippen LogP contribution in [0.25, 0.3) is 0 Å². The lowest BCUT2D eigenvalue weighted by Gasteiger charge is -2.14. The van der Waals surface area contributed by atoms with Crippen molar-refractivity contribution in [2.75, 3.05) is 7.11 Å². The summed E-state index contributed by atoms with van der Waals surface area (Å²) in [4.78, 5) is 0. The zero-order valence-corrected chi connectivity index (χ0v) is 10.8. The highest BCUT2D eigenvalue weighted by Crippen LogP contribution is 2.09. The van der Waals surface area contributed by atoms with E-state index in [1.807, 2.05) is 25.1 Å². The first-order valence-corrected chi connectivity index (χ1v) is 5.60. The number of rotatable bonds is 6. The number of ether oxygens (including phenoxy) is 1. The molecule has 0 aliphatic heterocycles. The first-order chi connectivity index (χ1) is 8.15. The molecule has 0 heterocycles.